The van der Waals surface area contributed by atoms with Crippen molar-refractivity contribution in [1.29, 1.82) is 0 Å². The van der Waals surface area contributed by atoms with E-state index in [2.05, 4.69) is 34.2 Å². The monoisotopic (exact) mass is 362 g/mol. The highest BCUT2D eigenvalue weighted by Crippen LogP contribution is 2.22. The third-order valence-corrected chi connectivity index (χ3v) is 5.17. The van der Waals surface area contributed by atoms with Crippen LogP contribution in [0.5, 0.6) is 5.75 Å². The van der Waals surface area contributed by atoms with Gasteiger partial charge in [-0.1, -0.05) is 19.9 Å². The van der Waals surface area contributed by atoms with Gasteiger partial charge >= 0.3 is 0 Å². The molecule has 1 aromatic carbocycles. The summed E-state index contributed by atoms with van der Waals surface area (Å²) < 4.78 is 5.33. The van der Waals surface area contributed by atoms with E-state index >= 15 is 0 Å². The van der Waals surface area contributed by atoms with Gasteiger partial charge in [-0.2, -0.15) is 0 Å². The van der Waals surface area contributed by atoms with E-state index in [1.807, 2.05) is 26.0 Å². The average molecular weight is 363 g/mol. The molecule has 0 radical (unpaired) electrons. The van der Waals surface area contributed by atoms with E-state index in [0.717, 1.165) is 57.3 Å². The number of ether oxygens (including phenoxy) is 1. The third kappa shape index (κ3) is 5.27. The molecule has 1 saturated heterocycles. The molecule has 1 aliphatic rings. The molecular weight excluding hydrogens is 328 g/mol. The fraction of sp³-hybridized carbons (Fsp3) is 0.650. The van der Waals surface area contributed by atoms with Crippen molar-refractivity contribution in [3.8, 4) is 5.75 Å². The van der Waals surface area contributed by atoms with Crippen molar-refractivity contribution >= 4 is 11.6 Å². The number of aliphatic hydroxyl groups is 1. The summed E-state index contributed by atoms with van der Waals surface area (Å²) >= 11 is 0. The van der Waals surface area contributed by atoms with Crippen molar-refractivity contribution < 1.29 is 9.84 Å². The number of piperazine rings is 1. The second-order valence-corrected chi connectivity index (χ2v) is 6.78. The Morgan fingerprint density at radius 3 is 2.46 bits per heavy atom. The van der Waals surface area contributed by atoms with Gasteiger partial charge in [0.1, 0.15) is 5.75 Å². The maximum Gasteiger partial charge on any atom is 0.194 e. The summed E-state index contributed by atoms with van der Waals surface area (Å²) in [5, 5.41) is 13.9. The minimum atomic E-state index is -0.705. The van der Waals surface area contributed by atoms with Crippen LogP contribution in [0.3, 0.4) is 0 Å². The molecule has 6 nitrogen and oxygen atoms in total. The lowest BCUT2D eigenvalue weighted by molar-refractivity contribution is 0.0415. The number of nitrogens with zero attached hydrogens (tertiary/aromatic N) is 3. The number of hydrogen-bond donors (Lipinski definition) is 2. The first-order valence-electron chi connectivity index (χ1n) is 9.69. The molecule has 0 aliphatic carbocycles. The van der Waals surface area contributed by atoms with Crippen LogP contribution in [0, 0.1) is 0 Å². The smallest absolute Gasteiger partial charge is 0.194 e. The Morgan fingerprint density at radius 1 is 1.19 bits per heavy atom. The van der Waals surface area contributed by atoms with Crippen molar-refractivity contribution in [3.05, 3.63) is 24.3 Å². The van der Waals surface area contributed by atoms with Crippen molar-refractivity contribution in [3.63, 3.8) is 0 Å². The predicted octanol–water partition coefficient (Wildman–Crippen LogP) is 2.33. The van der Waals surface area contributed by atoms with Gasteiger partial charge < -0.3 is 25.0 Å². The molecule has 1 aromatic rings. The molecule has 0 bridgehead atoms. The lowest BCUT2D eigenvalue weighted by atomic mass is 9.98. The van der Waals surface area contributed by atoms with Crippen molar-refractivity contribution in [1.82, 2.24) is 10.2 Å². The molecule has 6 heteroatoms. The fourth-order valence-corrected chi connectivity index (χ4v) is 3.11. The number of guanidine groups is 1. The number of hydrogen-bond acceptors (Lipinski definition) is 4. The van der Waals surface area contributed by atoms with E-state index in [-0.39, 0.29) is 0 Å². The number of aliphatic imine (C=N–C) groups is 1. The van der Waals surface area contributed by atoms with Gasteiger partial charge in [-0.05, 0) is 31.9 Å². The van der Waals surface area contributed by atoms with Gasteiger partial charge in [0, 0.05) is 44.5 Å². The summed E-state index contributed by atoms with van der Waals surface area (Å²) in [6.45, 7) is 11.0. The molecule has 1 fully saturated rings. The molecule has 0 saturated carbocycles. The zero-order valence-corrected chi connectivity index (χ0v) is 16.7. The first-order chi connectivity index (χ1) is 12.5. The molecule has 0 spiro atoms. The Labute approximate surface area is 157 Å². The molecule has 0 aromatic heterocycles. The maximum atomic E-state index is 10.5. The summed E-state index contributed by atoms with van der Waals surface area (Å²) in [7, 11) is 1.70. The van der Waals surface area contributed by atoms with E-state index in [4.69, 9.17) is 9.73 Å². The van der Waals surface area contributed by atoms with Gasteiger partial charge in [-0.15, -0.1) is 0 Å². The minimum absolute atomic E-state index is 0.443. The number of nitrogens with one attached hydrogen (secondary N) is 1. The summed E-state index contributed by atoms with van der Waals surface area (Å²) in [5.41, 5.74) is 0.487. The molecule has 2 N–H and O–H groups in total. The molecule has 1 aliphatic heterocycles. The number of rotatable bonds is 7. The maximum absolute atomic E-state index is 10.5. The highest BCUT2D eigenvalue weighted by molar-refractivity contribution is 5.80. The minimum Gasteiger partial charge on any atom is -0.497 e. The van der Waals surface area contributed by atoms with Gasteiger partial charge in [0.05, 0.1) is 19.3 Å². The van der Waals surface area contributed by atoms with Crippen LogP contribution in [0.1, 0.15) is 33.6 Å². The second-order valence-electron chi connectivity index (χ2n) is 6.78. The van der Waals surface area contributed by atoms with Crippen molar-refractivity contribution in [2.45, 2.75) is 39.2 Å². The molecule has 0 amide bonds. The van der Waals surface area contributed by atoms with Gasteiger partial charge in [-0.25, -0.2) is 0 Å². The molecule has 26 heavy (non-hydrogen) atoms. The summed E-state index contributed by atoms with van der Waals surface area (Å²) in [6.07, 6.45) is 1.44. The van der Waals surface area contributed by atoms with Crippen LogP contribution in [0.2, 0.25) is 0 Å². The first kappa shape index (κ1) is 20.4. The SMILES string of the molecule is CCNC(=NCC(O)(CC)CC)N1CCN(c2cccc(OC)c2)CC1. The first-order valence-corrected chi connectivity index (χ1v) is 9.69. The van der Waals surface area contributed by atoms with E-state index in [1.165, 1.54) is 5.69 Å². The second kappa shape index (κ2) is 9.67. The van der Waals surface area contributed by atoms with Gasteiger partial charge in [0.25, 0.3) is 0 Å². The molecule has 146 valence electrons. The standard InChI is InChI=1S/C20H34N4O2/c1-5-20(25,6-2)16-22-19(21-7-3)24-13-11-23(12-14-24)17-9-8-10-18(15-17)26-4/h8-10,15,25H,5-7,11-14,16H2,1-4H3,(H,21,22). The zero-order valence-electron chi connectivity index (χ0n) is 16.7. The van der Waals surface area contributed by atoms with E-state index in [1.54, 1.807) is 7.11 Å². The van der Waals surface area contributed by atoms with Gasteiger partial charge in [-0.3, -0.25) is 4.99 Å². The fourth-order valence-electron chi connectivity index (χ4n) is 3.11. The van der Waals surface area contributed by atoms with Gasteiger partial charge in [0.15, 0.2) is 5.96 Å². The lowest BCUT2D eigenvalue weighted by Crippen LogP contribution is -2.53. The zero-order chi connectivity index (χ0) is 19.0. The van der Waals surface area contributed by atoms with Crippen LogP contribution in [0.4, 0.5) is 5.69 Å². The van der Waals surface area contributed by atoms with Crippen LogP contribution in [0.15, 0.2) is 29.3 Å². The van der Waals surface area contributed by atoms with Crippen LogP contribution in [0.25, 0.3) is 0 Å². The Morgan fingerprint density at radius 2 is 1.88 bits per heavy atom. The molecule has 1 heterocycles. The van der Waals surface area contributed by atoms with Crippen LogP contribution in [-0.2, 0) is 0 Å². The number of benzene rings is 1. The van der Waals surface area contributed by atoms with Crippen LogP contribution in [-0.4, -0.2) is 67.9 Å². The van der Waals surface area contributed by atoms with Crippen LogP contribution >= 0.6 is 0 Å². The number of anilines is 1. The lowest BCUT2D eigenvalue weighted by Gasteiger charge is -2.38. The van der Waals surface area contributed by atoms with Crippen molar-refractivity contribution in [2.24, 2.45) is 4.99 Å². The predicted molar refractivity (Wildman–Crippen MR) is 108 cm³/mol. The third-order valence-electron chi connectivity index (χ3n) is 5.17. The van der Waals surface area contributed by atoms with E-state index in [0.29, 0.717) is 6.54 Å². The molecule has 2 rings (SSSR count). The molecule has 0 unspecified atom stereocenters. The normalized spacial score (nSPS) is 16.0. The molecule has 0 atom stereocenters. The van der Waals surface area contributed by atoms with Crippen LogP contribution < -0.4 is 15.0 Å². The van der Waals surface area contributed by atoms with Crippen molar-refractivity contribution in [2.75, 3.05) is 51.3 Å². The van der Waals surface area contributed by atoms with Gasteiger partial charge in [0.2, 0.25) is 0 Å². The highest BCUT2D eigenvalue weighted by Gasteiger charge is 2.24. The summed E-state index contributed by atoms with van der Waals surface area (Å²) in [6, 6.07) is 8.21. The Hall–Kier alpha value is -1.95. The summed E-state index contributed by atoms with van der Waals surface area (Å²) in [5.74, 6) is 1.79. The molecular formula is C20H34N4O2. The summed E-state index contributed by atoms with van der Waals surface area (Å²) in [4.78, 5) is 9.37. The largest absolute Gasteiger partial charge is 0.497 e. The number of methoxy groups -OCH3 is 1. The topological polar surface area (TPSA) is 60.3 Å². The van der Waals surface area contributed by atoms with E-state index in [9.17, 15) is 5.11 Å². The Kier molecular flexibility index (Phi) is 7.57. The Bertz CT molecular complexity index is 579. The highest BCUT2D eigenvalue weighted by atomic mass is 16.5. The average Bonchev–Trinajstić information content (AvgIpc) is 2.71. The quantitative estimate of drug-likeness (QED) is 0.576. The van der Waals surface area contributed by atoms with E-state index < -0.39 is 5.60 Å². The Balaban J connectivity index is 2.00.